The number of hydrogen-bond donors (Lipinski definition) is 6. The van der Waals surface area contributed by atoms with Crippen LogP contribution < -0.4 is 27.7 Å². The zero-order chi connectivity index (χ0) is 40.3. The fourth-order valence-electron chi connectivity index (χ4n) is 4.44. The van der Waals surface area contributed by atoms with Crippen LogP contribution in [0.3, 0.4) is 0 Å². The first-order valence-electron chi connectivity index (χ1n) is 16.3. The molecule has 290 valence electrons. The number of allylic oxidation sites excluding steroid dienone is 3. The summed E-state index contributed by atoms with van der Waals surface area (Å²) < 4.78 is 16.4. The summed E-state index contributed by atoms with van der Waals surface area (Å²) in [6, 6.07) is 13.1. The number of hydrogen-bond acceptors (Lipinski definition) is 11. The number of benzene rings is 2. The van der Waals surface area contributed by atoms with E-state index in [-0.39, 0.29) is 30.5 Å². The monoisotopic (exact) mass is 737 g/mol. The number of nitrogens with zero attached hydrogens (tertiary/aromatic N) is 3. The number of carbonyl (C=O) groups excluding carboxylic acids is 1. The summed E-state index contributed by atoms with van der Waals surface area (Å²) in [6.07, 6.45) is 5.96. The van der Waals surface area contributed by atoms with E-state index < -0.39 is 6.09 Å². The van der Waals surface area contributed by atoms with Crippen LogP contribution in [0, 0.1) is 6.92 Å². The van der Waals surface area contributed by atoms with E-state index in [0.717, 1.165) is 29.4 Å². The average Bonchev–Trinajstić information content (AvgIpc) is 3.11. The third-order valence-corrected chi connectivity index (χ3v) is 6.51. The molecule has 0 saturated heterocycles. The van der Waals surface area contributed by atoms with Gasteiger partial charge < -0.3 is 51.1 Å². The van der Waals surface area contributed by atoms with Crippen LogP contribution in [0.5, 0.6) is 0 Å². The van der Waals surface area contributed by atoms with Crippen molar-refractivity contribution in [2.75, 3.05) is 52.6 Å². The lowest BCUT2D eigenvalue weighted by Crippen LogP contribution is -2.31. The van der Waals surface area contributed by atoms with Gasteiger partial charge in [-0.3, -0.25) is 9.59 Å². The molecule has 0 aliphatic carbocycles. The van der Waals surface area contributed by atoms with Crippen molar-refractivity contribution in [3.8, 4) is 11.3 Å². The van der Waals surface area contributed by atoms with Gasteiger partial charge in [-0.25, -0.2) is 9.78 Å². The molecule has 0 bridgehead atoms. The number of aliphatic hydroxyl groups is 1. The number of ether oxygens (including phenoxy) is 3. The van der Waals surface area contributed by atoms with E-state index >= 15 is 0 Å². The van der Waals surface area contributed by atoms with Crippen molar-refractivity contribution in [1.29, 1.82) is 0 Å². The van der Waals surface area contributed by atoms with Crippen molar-refractivity contribution in [1.82, 2.24) is 14.9 Å². The predicted molar refractivity (Wildman–Crippen MR) is 211 cm³/mol. The molecule has 2 aromatic carbocycles. The normalized spacial score (nSPS) is 11.1. The van der Waals surface area contributed by atoms with E-state index in [0.29, 0.717) is 48.2 Å². The van der Waals surface area contributed by atoms with Crippen molar-refractivity contribution in [3.63, 3.8) is 0 Å². The van der Waals surface area contributed by atoms with Crippen LogP contribution >= 0.6 is 0 Å². The number of aliphatic imine (C=N–C) groups is 1. The number of nitrogens with one attached hydrogen (secondary N) is 2. The van der Waals surface area contributed by atoms with Gasteiger partial charge in [0.15, 0.2) is 5.82 Å². The van der Waals surface area contributed by atoms with Crippen molar-refractivity contribution in [2.45, 2.75) is 46.8 Å². The molecule has 3 rings (SSSR count). The van der Waals surface area contributed by atoms with Crippen LogP contribution in [0.15, 0.2) is 94.6 Å². The van der Waals surface area contributed by atoms with Gasteiger partial charge in [-0.05, 0) is 74.7 Å². The van der Waals surface area contributed by atoms with Crippen LogP contribution in [-0.2, 0) is 32.1 Å². The topological polar surface area (TPSA) is 226 Å². The number of carboxylic acid groups (broad SMARTS) is 1. The van der Waals surface area contributed by atoms with E-state index in [4.69, 9.17) is 35.9 Å². The Labute approximate surface area is 311 Å². The fourth-order valence-corrected chi connectivity index (χ4v) is 4.44. The Bertz CT molecular complexity index is 1700. The maximum atomic E-state index is 13.4. The smallest absolute Gasteiger partial charge is 0.435 e. The van der Waals surface area contributed by atoms with Gasteiger partial charge in [0.2, 0.25) is 0 Å². The molecule has 1 amide bonds. The zero-order valence-corrected chi connectivity index (χ0v) is 31.9. The average molecular weight is 738 g/mol. The molecule has 0 aliphatic rings. The van der Waals surface area contributed by atoms with Crippen molar-refractivity contribution >= 4 is 29.9 Å². The van der Waals surface area contributed by atoms with E-state index in [9.17, 15) is 9.59 Å². The lowest BCUT2D eigenvalue weighted by atomic mass is 10.1. The molecule has 0 radical (unpaired) electrons. The summed E-state index contributed by atoms with van der Waals surface area (Å²) in [5.74, 6) is 0.950. The molecule has 0 fully saturated rings. The second-order valence-electron chi connectivity index (χ2n) is 11.3. The summed E-state index contributed by atoms with van der Waals surface area (Å²) in [4.78, 5) is 42.2. The maximum absolute atomic E-state index is 13.4. The van der Waals surface area contributed by atoms with Gasteiger partial charge in [-0.2, -0.15) is 4.99 Å². The SMILES string of the molecule is C=C/C=C(\C=C(/C)COC(=O)/N=C(\N)c1ccc(CNCCn2c(-c3cc(C)cc(N)c3)cnc(NC(C)C)c2=O)cc1)OC.CO.COC.O=CO. The third kappa shape index (κ3) is 18.3. The number of aliphatic hydroxyl groups excluding tert-OH is 1. The minimum absolute atomic E-state index is 0.0414. The summed E-state index contributed by atoms with van der Waals surface area (Å²) in [5, 5.41) is 20.4. The third-order valence-electron chi connectivity index (χ3n) is 6.51. The molecule has 3 aromatic rings. The molecule has 1 heterocycles. The first-order valence-corrected chi connectivity index (χ1v) is 16.3. The summed E-state index contributed by atoms with van der Waals surface area (Å²) in [5.41, 5.74) is 17.4. The Balaban J connectivity index is 0.00000311. The second-order valence-corrected chi connectivity index (χ2v) is 11.3. The molecule has 0 spiro atoms. The molecule has 1 aromatic heterocycles. The van der Waals surface area contributed by atoms with Crippen LogP contribution in [-0.4, -0.2) is 85.8 Å². The van der Waals surface area contributed by atoms with Crippen LogP contribution in [0.2, 0.25) is 0 Å². The molecule has 0 saturated carbocycles. The minimum atomic E-state index is -0.788. The van der Waals surface area contributed by atoms with Gasteiger partial charge in [-0.1, -0.05) is 36.9 Å². The number of nitrogens with two attached hydrogens (primary N) is 2. The molecule has 15 heteroatoms. The first kappa shape index (κ1) is 47.2. The molecule has 0 atom stereocenters. The van der Waals surface area contributed by atoms with Crippen LogP contribution in [0.4, 0.5) is 16.3 Å². The van der Waals surface area contributed by atoms with E-state index in [2.05, 4.69) is 31.9 Å². The van der Waals surface area contributed by atoms with Gasteiger partial charge in [0.25, 0.3) is 12.0 Å². The number of aryl methyl sites for hydroxylation is 1. The molecular weight excluding hydrogens is 682 g/mol. The largest absolute Gasteiger partial charge is 0.497 e. The van der Waals surface area contributed by atoms with Crippen molar-refractivity contribution in [2.24, 2.45) is 10.7 Å². The number of aromatic nitrogens is 2. The Morgan fingerprint density at radius 3 is 2.30 bits per heavy atom. The Morgan fingerprint density at radius 1 is 1.13 bits per heavy atom. The Morgan fingerprint density at radius 2 is 1.75 bits per heavy atom. The maximum Gasteiger partial charge on any atom is 0.435 e. The predicted octanol–water partition coefficient (Wildman–Crippen LogP) is 4.49. The number of amidine groups is 1. The Kier molecular flexibility index (Phi) is 24.0. The quantitative estimate of drug-likeness (QED) is 0.0255. The van der Waals surface area contributed by atoms with Crippen LogP contribution in [0.1, 0.15) is 37.5 Å². The molecular formula is C38H55N7O8. The van der Waals surface area contributed by atoms with Crippen molar-refractivity contribution in [3.05, 3.63) is 112 Å². The minimum Gasteiger partial charge on any atom is -0.497 e. The lowest BCUT2D eigenvalue weighted by Gasteiger charge is -2.17. The lowest BCUT2D eigenvalue weighted by molar-refractivity contribution is -0.122. The highest BCUT2D eigenvalue weighted by atomic mass is 16.5. The van der Waals surface area contributed by atoms with E-state index in [1.165, 1.54) is 0 Å². The number of nitrogen functional groups attached to an aromatic ring is 1. The zero-order valence-electron chi connectivity index (χ0n) is 31.9. The summed E-state index contributed by atoms with van der Waals surface area (Å²) in [7, 11) is 5.79. The summed E-state index contributed by atoms with van der Waals surface area (Å²) in [6.45, 7) is 12.6. The first-order chi connectivity index (χ1) is 25.3. The van der Waals surface area contributed by atoms with E-state index in [1.807, 2.05) is 51.1 Å². The van der Waals surface area contributed by atoms with Crippen molar-refractivity contribution < 1.29 is 34.0 Å². The van der Waals surface area contributed by atoms with Gasteiger partial charge in [-0.15, -0.1) is 0 Å². The summed E-state index contributed by atoms with van der Waals surface area (Å²) >= 11 is 0. The van der Waals surface area contributed by atoms with Gasteiger partial charge in [0.05, 0.1) is 19.0 Å². The number of anilines is 2. The number of rotatable bonds is 14. The van der Waals surface area contributed by atoms with Crippen LogP contribution in [0.25, 0.3) is 11.3 Å². The molecule has 0 aliphatic heterocycles. The molecule has 0 unspecified atom stereocenters. The number of carbonyl (C=O) groups is 2. The highest BCUT2D eigenvalue weighted by Gasteiger charge is 2.14. The van der Waals surface area contributed by atoms with Gasteiger partial charge in [0, 0.05) is 63.8 Å². The highest BCUT2D eigenvalue weighted by molar-refractivity contribution is 6.02. The fraction of sp³-hybridized carbons (Fsp3) is 0.342. The standard InChI is InChI=1S/C34H43N7O4.C2H6O.CH2O2.CH4O/c1-7-8-29(44-6)17-24(5)21-45-34(43)40-31(36)26-11-9-25(10-12-26)19-37-13-14-41-30(27-15-23(4)16-28(35)18-27)20-38-32(33(41)42)39-22(2)3;1-3-2;2-1-3;1-2/h7-12,15-18,20,22,37H,1,13-14,19,21,35H2,2-6H3,(H,38,39)(H2,36,40,43);1-2H3;1H,(H,2,3);2H,1H3/b24-17+,29-8+;;;. The molecule has 53 heavy (non-hydrogen) atoms. The number of methoxy groups -OCH3 is 2. The second kappa shape index (κ2) is 27.0. The molecule has 15 nitrogen and oxygen atoms in total. The van der Waals surface area contributed by atoms with Gasteiger partial charge >= 0.3 is 6.09 Å². The molecule has 8 N–H and O–H groups in total. The van der Waals surface area contributed by atoms with Gasteiger partial charge in [0.1, 0.15) is 18.2 Å². The Hall–Kier alpha value is -5.77. The number of amides is 1. The highest BCUT2D eigenvalue weighted by Crippen LogP contribution is 2.23. The van der Waals surface area contributed by atoms with E-state index in [1.54, 1.807) is 69.4 Å².